The number of rotatable bonds is 8. The molecule has 1 saturated heterocycles. The van der Waals surface area contributed by atoms with Gasteiger partial charge in [0.15, 0.2) is 0 Å². The summed E-state index contributed by atoms with van der Waals surface area (Å²) < 4.78 is 5.45. The minimum atomic E-state index is 0.402. The number of likely N-dealkylation sites (N-methyl/N-ethyl adjacent to an activating group) is 1. The molecule has 0 spiro atoms. The van der Waals surface area contributed by atoms with E-state index in [1.54, 1.807) is 23.9 Å². The molecule has 0 amide bonds. The first-order valence-electron chi connectivity index (χ1n) is 9.18. The number of aromatic nitrogens is 4. The third-order valence-corrected chi connectivity index (χ3v) is 5.79. The van der Waals surface area contributed by atoms with E-state index in [-0.39, 0.29) is 0 Å². The molecule has 142 valence electrons. The van der Waals surface area contributed by atoms with Crippen LogP contribution in [0.4, 0.5) is 5.82 Å². The second kappa shape index (κ2) is 8.60. The average molecular weight is 385 g/mol. The zero-order valence-electron chi connectivity index (χ0n) is 15.4. The van der Waals surface area contributed by atoms with E-state index in [2.05, 4.69) is 55.6 Å². The Kier molecular flexibility index (Phi) is 5.76. The van der Waals surface area contributed by atoms with Crippen LogP contribution in [0.3, 0.4) is 0 Å². The minimum Gasteiger partial charge on any atom is -0.381 e. The van der Waals surface area contributed by atoms with Crippen LogP contribution in [0.1, 0.15) is 22.9 Å². The third kappa shape index (κ3) is 4.71. The van der Waals surface area contributed by atoms with Crippen molar-refractivity contribution in [2.75, 3.05) is 38.7 Å². The smallest absolute Gasteiger partial charge is 0.129 e. The van der Waals surface area contributed by atoms with Crippen molar-refractivity contribution in [1.82, 2.24) is 25.1 Å². The van der Waals surface area contributed by atoms with Crippen molar-refractivity contribution in [2.45, 2.75) is 18.9 Å². The summed E-state index contributed by atoms with van der Waals surface area (Å²) in [5, 5.41) is 10.4. The quantitative estimate of drug-likeness (QED) is 0.622. The Hall–Kier alpha value is -2.29. The lowest BCUT2D eigenvalue weighted by atomic mass is 10.1. The fourth-order valence-corrected chi connectivity index (χ4v) is 4.24. The lowest BCUT2D eigenvalue weighted by Crippen LogP contribution is -2.24. The molecular formula is C19H24N6OS. The molecule has 0 aromatic carbocycles. The van der Waals surface area contributed by atoms with E-state index in [0.29, 0.717) is 5.92 Å². The number of anilines is 1. The fraction of sp³-hybridized carbons (Fsp3) is 0.421. The van der Waals surface area contributed by atoms with Gasteiger partial charge in [0, 0.05) is 49.3 Å². The van der Waals surface area contributed by atoms with Crippen molar-refractivity contribution in [3.63, 3.8) is 0 Å². The van der Waals surface area contributed by atoms with Crippen molar-refractivity contribution in [3.8, 4) is 10.6 Å². The molecule has 7 nitrogen and oxygen atoms in total. The second-order valence-electron chi connectivity index (χ2n) is 6.79. The summed E-state index contributed by atoms with van der Waals surface area (Å²) in [6.45, 7) is 4.29. The lowest BCUT2D eigenvalue weighted by Gasteiger charge is -2.16. The van der Waals surface area contributed by atoms with E-state index in [0.717, 1.165) is 56.5 Å². The standard InChI is InChI=1S/C19H24N6OS/c1-25(11-15-2-3-18(27-15)16-4-6-23-24-16)8-7-20-19-10-17(21-13-22-19)14-5-9-26-12-14/h2-4,6,10,13-14H,5,7-9,11-12H2,1H3,(H,23,24)(H,20,21,22)/t14-/m1/s1. The number of ether oxygens (including phenoxy) is 1. The van der Waals surface area contributed by atoms with E-state index in [1.165, 1.54) is 9.75 Å². The van der Waals surface area contributed by atoms with Crippen LogP contribution >= 0.6 is 11.3 Å². The molecule has 1 aliphatic rings. The van der Waals surface area contributed by atoms with Crippen molar-refractivity contribution < 1.29 is 4.74 Å². The van der Waals surface area contributed by atoms with Crippen LogP contribution in [0.2, 0.25) is 0 Å². The number of nitrogens with one attached hydrogen (secondary N) is 2. The van der Waals surface area contributed by atoms with Gasteiger partial charge in [-0.2, -0.15) is 5.10 Å². The van der Waals surface area contributed by atoms with Crippen LogP contribution in [0, 0.1) is 0 Å². The molecule has 2 N–H and O–H groups in total. The first-order valence-corrected chi connectivity index (χ1v) is 10.00. The van der Waals surface area contributed by atoms with Crippen LogP contribution in [-0.4, -0.2) is 58.4 Å². The maximum Gasteiger partial charge on any atom is 0.129 e. The molecule has 4 rings (SSSR count). The van der Waals surface area contributed by atoms with Crippen LogP contribution in [0.5, 0.6) is 0 Å². The molecule has 0 aliphatic carbocycles. The molecule has 1 fully saturated rings. The van der Waals surface area contributed by atoms with Crippen LogP contribution < -0.4 is 5.32 Å². The van der Waals surface area contributed by atoms with Gasteiger partial charge in [-0.1, -0.05) is 0 Å². The summed E-state index contributed by atoms with van der Waals surface area (Å²) in [5.41, 5.74) is 2.14. The Labute approximate surface area is 162 Å². The first kappa shape index (κ1) is 18.1. The van der Waals surface area contributed by atoms with Gasteiger partial charge in [-0.3, -0.25) is 10.00 Å². The molecule has 4 heterocycles. The number of nitrogens with zero attached hydrogens (tertiary/aromatic N) is 4. The highest BCUT2D eigenvalue weighted by atomic mass is 32.1. The molecule has 8 heteroatoms. The van der Waals surface area contributed by atoms with Gasteiger partial charge in [0.05, 0.1) is 22.9 Å². The van der Waals surface area contributed by atoms with E-state index >= 15 is 0 Å². The summed E-state index contributed by atoms with van der Waals surface area (Å²) in [6.07, 6.45) is 4.47. The predicted molar refractivity (Wildman–Crippen MR) is 107 cm³/mol. The molecule has 0 radical (unpaired) electrons. The molecule has 3 aromatic rings. The topological polar surface area (TPSA) is 79.0 Å². The maximum absolute atomic E-state index is 5.45. The first-order chi connectivity index (χ1) is 13.3. The zero-order chi connectivity index (χ0) is 18.5. The van der Waals surface area contributed by atoms with Crippen LogP contribution in [0.25, 0.3) is 10.6 Å². The Morgan fingerprint density at radius 2 is 2.30 bits per heavy atom. The fourth-order valence-electron chi connectivity index (χ4n) is 3.18. The molecule has 0 unspecified atom stereocenters. The molecule has 3 aromatic heterocycles. The number of hydrogen-bond acceptors (Lipinski definition) is 7. The van der Waals surface area contributed by atoms with Gasteiger partial charge in [-0.25, -0.2) is 9.97 Å². The molecular weight excluding hydrogens is 360 g/mol. The van der Waals surface area contributed by atoms with E-state index in [4.69, 9.17) is 4.74 Å². The summed E-state index contributed by atoms with van der Waals surface area (Å²) >= 11 is 1.80. The van der Waals surface area contributed by atoms with Crippen LogP contribution in [0.15, 0.2) is 36.8 Å². The molecule has 1 atom stereocenters. The zero-order valence-corrected chi connectivity index (χ0v) is 16.2. The maximum atomic E-state index is 5.45. The number of H-pyrrole nitrogens is 1. The SMILES string of the molecule is CN(CCNc1cc([C@@H]2CCOC2)ncn1)Cc1ccc(-c2ccn[nH]2)s1. The normalized spacial score (nSPS) is 16.9. The second-order valence-corrected chi connectivity index (χ2v) is 7.96. The highest BCUT2D eigenvalue weighted by Crippen LogP contribution is 2.27. The average Bonchev–Trinajstić information content (AvgIpc) is 3.43. The highest BCUT2D eigenvalue weighted by molar-refractivity contribution is 7.15. The Morgan fingerprint density at radius 1 is 1.33 bits per heavy atom. The van der Waals surface area contributed by atoms with E-state index in [9.17, 15) is 0 Å². The van der Waals surface area contributed by atoms with Gasteiger partial charge in [0.1, 0.15) is 12.1 Å². The van der Waals surface area contributed by atoms with Crippen molar-refractivity contribution in [3.05, 3.63) is 47.4 Å². The summed E-state index contributed by atoms with van der Waals surface area (Å²) in [5.74, 6) is 1.29. The van der Waals surface area contributed by atoms with Gasteiger partial charge < -0.3 is 10.1 Å². The number of aromatic amines is 1. The van der Waals surface area contributed by atoms with Gasteiger partial charge >= 0.3 is 0 Å². The monoisotopic (exact) mass is 384 g/mol. The molecule has 27 heavy (non-hydrogen) atoms. The Balaban J connectivity index is 1.25. The molecule has 0 bridgehead atoms. The number of thiophene rings is 1. The third-order valence-electron chi connectivity index (χ3n) is 4.69. The van der Waals surface area contributed by atoms with Crippen molar-refractivity contribution in [2.24, 2.45) is 0 Å². The highest BCUT2D eigenvalue weighted by Gasteiger charge is 2.19. The van der Waals surface area contributed by atoms with E-state index in [1.807, 2.05) is 6.07 Å². The van der Waals surface area contributed by atoms with E-state index < -0.39 is 0 Å². The summed E-state index contributed by atoms with van der Waals surface area (Å²) in [4.78, 5) is 13.6. The molecule has 1 aliphatic heterocycles. The van der Waals surface area contributed by atoms with Crippen LogP contribution in [-0.2, 0) is 11.3 Å². The predicted octanol–water partition coefficient (Wildman–Crippen LogP) is 2.98. The Bertz CT molecular complexity index is 844. The minimum absolute atomic E-state index is 0.402. The largest absolute Gasteiger partial charge is 0.381 e. The Morgan fingerprint density at radius 3 is 3.11 bits per heavy atom. The van der Waals surface area contributed by atoms with Gasteiger partial charge in [0.2, 0.25) is 0 Å². The van der Waals surface area contributed by atoms with Crippen molar-refractivity contribution in [1.29, 1.82) is 0 Å². The lowest BCUT2D eigenvalue weighted by molar-refractivity contribution is 0.193. The summed E-state index contributed by atoms with van der Waals surface area (Å²) in [6, 6.07) is 8.38. The number of hydrogen-bond donors (Lipinski definition) is 2. The van der Waals surface area contributed by atoms with Gasteiger partial charge in [0.25, 0.3) is 0 Å². The van der Waals surface area contributed by atoms with Gasteiger partial charge in [-0.15, -0.1) is 11.3 Å². The molecule has 0 saturated carbocycles. The van der Waals surface area contributed by atoms with Gasteiger partial charge in [-0.05, 0) is 31.7 Å². The summed E-state index contributed by atoms with van der Waals surface area (Å²) in [7, 11) is 2.14. The van der Waals surface area contributed by atoms with Crippen molar-refractivity contribution >= 4 is 17.2 Å².